The number of carbonyl (C=O) groups excluding carboxylic acids is 1. The van der Waals surface area contributed by atoms with E-state index < -0.39 is 5.91 Å². The first-order valence-corrected chi connectivity index (χ1v) is 6.82. The molecule has 0 saturated heterocycles. The third-order valence-electron chi connectivity index (χ3n) is 3.00. The number of furan rings is 1. The topological polar surface area (TPSA) is 74.8 Å². The number of amides is 1. The third-order valence-corrected chi connectivity index (χ3v) is 3.30. The van der Waals surface area contributed by atoms with E-state index in [1.165, 1.54) is 18.3 Å². The van der Waals surface area contributed by atoms with Gasteiger partial charge >= 0.3 is 5.91 Å². The lowest BCUT2D eigenvalue weighted by Crippen LogP contribution is -2.16. The summed E-state index contributed by atoms with van der Waals surface area (Å²) in [4.78, 5) is 11.9. The van der Waals surface area contributed by atoms with Crippen molar-refractivity contribution in [2.75, 3.05) is 0 Å². The SMILES string of the molecule is O=C(N/N=C/c1ccc(O)c(Cl)c1)c1cc2ccccc2o1. The molecule has 22 heavy (non-hydrogen) atoms. The summed E-state index contributed by atoms with van der Waals surface area (Å²) in [7, 11) is 0. The highest BCUT2D eigenvalue weighted by Crippen LogP contribution is 2.22. The number of halogens is 1. The van der Waals surface area contributed by atoms with Gasteiger partial charge in [-0.05, 0) is 35.9 Å². The zero-order valence-electron chi connectivity index (χ0n) is 11.3. The predicted molar refractivity (Wildman–Crippen MR) is 84.4 cm³/mol. The Bertz CT molecular complexity index is 838. The van der Waals surface area contributed by atoms with E-state index in [0.29, 0.717) is 11.1 Å². The van der Waals surface area contributed by atoms with Crippen molar-refractivity contribution in [3.8, 4) is 5.75 Å². The number of aromatic hydroxyl groups is 1. The van der Waals surface area contributed by atoms with Crippen molar-refractivity contribution in [3.05, 3.63) is 64.9 Å². The molecule has 1 amide bonds. The lowest BCUT2D eigenvalue weighted by Gasteiger charge is -1.98. The van der Waals surface area contributed by atoms with Crippen LogP contribution in [0.5, 0.6) is 5.75 Å². The van der Waals surface area contributed by atoms with E-state index >= 15 is 0 Å². The van der Waals surface area contributed by atoms with Gasteiger partial charge in [-0.1, -0.05) is 29.8 Å². The maximum absolute atomic E-state index is 11.9. The van der Waals surface area contributed by atoms with Crippen LogP contribution in [0.25, 0.3) is 11.0 Å². The van der Waals surface area contributed by atoms with Crippen LogP contribution in [0.1, 0.15) is 16.1 Å². The zero-order valence-corrected chi connectivity index (χ0v) is 12.0. The molecular weight excluding hydrogens is 304 g/mol. The first-order chi connectivity index (χ1) is 10.6. The lowest BCUT2D eigenvalue weighted by molar-refractivity contribution is 0.0929. The molecule has 0 saturated carbocycles. The number of nitrogens with one attached hydrogen (secondary N) is 1. The van der Waals surface area contributed by atoms with Crippen molar-refractivity contribution in [1.82, 2.24) is 5.43 Å². The molecule has 3 rings (SSSR count). The normalized spacial score (nSPS) is 11.1. The van der Waals surface area contributed by atoms with Gasteiger partial charge in [-0.3, -0.25) is 4.79 Å². The molecule has 0 atom stereocenters. The number of carbonyl (C=O) groups is 1. The van der Waals surface area contributed by atoms with Crippen LogP contribution in [-0.2, 0) is 0 Å². The van der Waals surface area contributed by atoms with Gasteiger partial charge in [0.2, 0.25) is 0 Å². The summed E-state index contributed by atoms with van der Waals surface area (Å²) in [5.41, 5.74) is 3.66. The van der Waals surface area contributed by atoms with Crippen molar-refractivity contribution in [2.24, 2.45) is 5.10 Å². The molecule has 0 bridgehead atoms. The number of benzene rings is 2. The van der Waals surface area contributed by atoms with Crippen molar-refractivity contribution >= 4 is 34.7 Å². The van der Waals surface area contributed by atoms with Crippen molar-refractivity contribution in [1.29, 1.82) is 0 Å². The molecule has 0 fully saturated rings. The first kappa shape index (κ1) is 14.2. The Kier molecular flexibility index (Phi) is 3.80. The van der Waals surface area contributed by atoms with Crippen molar-refractivity contribution < 1.29 is 14.3 Å². The molecule has 5 nitrogen and oxygen atoms in total. The Hall–Kier alpha value is -2.79. The second-order valence-corrected chi connectivity index (χ2v) is 4.97. The van der Waals surface area contributed by atoms with E-state index in [1.54, 1.807) is 18.2 Å². The minimum atomic E-state index is -0.447. The van der Waals surface area contributed by atoms with Crippen LogP contribution in [0.15, 0.2) is 58.0 Å². The van der Waals surface area contributed by atoms with Crippen LogP contribution in [0.3, 0.4) is 0 Å². The molecule has 0 spiro atoms. The Morgan fingerprint density at radius 2 is 2.05 bits per heavy atom. The largest absolute Gasteiger partial charge is 0.506 e. The highest BCUT2D eigenvalue weighted by Gasteiger charge is 2.10. The van der Waals surface area contributed by atoms with E-state index in [1.807, 2.05) is 18.2 Å². The third kappa shape index (κ3) is 2.94. The summed E-state index contributed by atoms with van der Waals surface area (Å²) < 4.78 is 5.43. The zero-order chi connectivity index (χ0) is 15.5. The minimum absolute atomic E-state index is 0.00914. The average molecular weight is 315 g/mol. The Balaban J connectivity index is 1.71. The number of rotatable bonds is 3. The van der Waals surface area contributed by atoms with E-state index in [9.17, 15) is 9.90 Å². The first-order valence-electron chi connectivity index (χ1n) is 6.44. The Labute approximate surface area is 130 Å². The molecule has 1 aromatic heterocycles. The van der Waals surface area contributed by atoms with Gasteiger partial charge in [-0.2, -0.15) is 5.10 Å². The highest BCUT2D eigenvalue weighted by atomic mass is 35.5. The minimum Gasteiger partial charge on any atom is -0.506 e. The average Bonchev–Trinajstić information content (AvgIpc) is 2.95. The number of hydrogen-bond donors (Lipinski definition) is 2. The number of phenols is 1. The van der Waals surface area contributed by atoms with Crippen LogP contribution in [0.4, 0.5) is 0 Å². The molecule has 0 radical (unpaired) electrons. The number of fused-ring (bicyclic) bond motifs is 1. The molecule has 2 aromatic carbocycles. The van der Waals surface area contributed by atoms with Gasteiger partial charge in [0, 0.05) is 5.39 Å². The molecule has 0 aliphatic rings. The molecular formula is C16H11ClN2O3. The highest BCUT2D eigenvalue weighted by molar-refractivity contribution is 6.32. The number of hydrogen-bond acceptors (Lipinski definition) is 4. The predicted octanol–water partition coefficient (Wildman–Crippen LogP) is 3.56. The van der Waals surface area contributed by atoms with Crippen molar-refractivity contribution in [2.45, 2.75) is 0 Å². The van der Waals surface area contributed by atoms with Gasteiger partial charge in [-0.15, -0.1) is 0 Å². The lowest BCUT2D eigenvalue weighted by atomic mass is 10.2. The summed E-state index contributed by atoms with van der Waals surface area (Å²) in [6.45, 7) is 0. The van der Waals surface area contributed by atoms with Crippen LogP contribution < -0.4 is 5.43 Å². The fraction of sp³-hybridized carbons (Fsp3) is 0. The Morgan fingerprint density at radius 1 is 1.23 bits per heavy atom. The van der Waals surface area contributed by atoms with Gasteiger partial charge < -0.3 is 9.52 Å². The van der Waals surface area contributed by atoms with Gasteiger partial charge in [0.15, 0.2) is 5.76 Å². The number of nitrogens with zero attached hydrogens (tertiary/aromatic N) is 1. The molecule has 2 N–H and O–H groups in total. The van der Waals surface area contributed by atoms with Crippen LogP contribution >= 0.6 is 11.6 Å². The summed E-state index contributed by atoms with van der Waals surface area (Å²) in [5, 5.41) is 14.2. The summed E-state index contributed by atoms with van der Waals surface area (Å²) >= 11 is 5.78. The maximum atomic E-state index is 11.9. The van der Waals surface area contributed by atoms with Gasteiger partial charge in [-0.25, -0.2) is 5.43 Å². The van der Waals surface area contributed by atoms with Gasteiger partial charge in [0.25, 0.3) is 0 Å². The quantitative estimate of drug-likeness (QED) is 0.573. The fourth-order valence-corrected chi connectivity index (χ4v) is 2.11. The standard InChI is InChI=1S/C16H11ClN2O3/c17-12-7-10(5-6-13(12)20)9-18-19-16(21)15-8-11-3-1-2-4-14(11)22-15/h1-9,20H,(H,19,21)/b18-9+. The maximum Gasteiger partial charge on any atom is 0.307 e. The number of hydrazone groups is 1. The number of phenolic OH excluding ortho intramolecular Hbond substituents is 1. The number of para-hydroxylation sites is 1. The van der Waals surface area contributed by atoms with Crippen LogP contribution in [0, 0.1) is 0 Å². The molecule has 110 valence electrons. The van der Waals surface area contributed by atoms with Crippen LogP contribution in [0.2, 0.25) is 5.02 Å². The molecule has 0 unspecified atom stereocenters. The van der Waals surface area contributed by atoms with Crippen molar-refractivity contribution in [3.63, 3.8) is 0 Å². The van der Waals surface area contributed by atoms with Crippen LogP contribution in [-0.4, -0.2) is 17.2 Å². The van der Waals surface area contributed by atoms with E-state index in [-0.39, 0.29) is 16.5 Å². The van der Waals surface area contributed by atoms with Gasteiger partial charge in [0.1, 0.15) is 11.3 Å². The summed E-state index contributed by atoms with van der Waals surface area (Å²) in [6, 6.07) is 13.6. The fourth-order valence-electron chi connectivity index (χ4n) is 1.92. The van der Waals surface area contributed by atoms with E-state index in [2.05, 4.69) is 10.5 Å². The smallest absolute Gasteiger partial charge is 0.307 e. The van der Waals surface area contributed by atoms with E-state index in [0.717, 1.165) is 5.39 Å². The second-order valence-electron chi connectivity index (χ2n) is 4.56. The van der Waals surface area contributed by atoms with E-state index in [4.69, 9.17) is 16.0 Å². The summed E-state index contributed by atoms with van der Waals surface area (Å²) in [6.07, 6.45) is 1.42. The summed E-state index contributed by atoms with van der Waals surface area (Å²) in [5.74, 6) is -0.274. The molecule has 0 aliphatic carbocycles. The molecule has 1 heterocycles. The second kappa shape index (κ2) is 5.91. The molecule has 3 aromatic rings. The Morgan fingerprint density at radius 3 is 2.82 bits per heavy atom. The molecule has 0 aliphatic heterocycles. The van der Waals surface area contributed by atoms with Gasteiger partial charge in [0.05, 0.1) is 11.2 Å². The molecule has 6 heteroatoms. The monoisotopic (exact) mass is 314 g/mol.